The van der Waals surface area contributed by atoms with Gasteiger partial charge in [0.05, 0.1) is 6.07 Å². The van der Waals surface area contributed by atoms with Gasteiger partial charge in [0.1, 0.15) is 5.54 Å². The van der Waals surface area contributed by atoms with Gasteiger partial charge in [0.15, 0.2) is 0 Å². The Balaban J connectivity index is 2.93. The first kappa shape index (κ1) is 12.5. The zero-order valence-electron chi connectivity index (χ0n) is 10.4. The molecule has 1 aliphatic carbocycles. The standard InChI is InChI=1S/C13H24N2/c1-4-12-9-7-8-10-13(12,11-14)15(5-2)6-3/h12H,4-10H2,1-3H3. The van der Waals surface area contributed by atoms with Crippen LogP contribution in [0.25, 0.3) is 0 Å². The van der Waals surface area contributed by atoms with Gasteiger partial charge in [-0.25, -0.2) is 0 Å². The van der Waals surface area contributed by atoms with Gasteiger partial charge in [-0.3, -0.25) is 4.90 Å². The van der Waals surface area contributed by atoms with Gasteiger partial charge in [-0.2, -0.15) is 5.26 Å². The highest BCUT2D eigenvalue weighted by Gasteiger charge is 2.43. The average Bonchev–Trinajstić information content (AvgIpc) is 2.31. The summed E-state index contributed by atoms with van der Waals surface area (Å²) in [5.74, 6) is 0.580. The molecule has 0 spiro atoms. The van der Waals surface area contributed by atoms with E-state index in [1.807, 2.05) is 0 Å². The monoisotopic (exact) mass is 208 g/mol. The summed E-state index contributed by atoms with van der Waals surface area (Å²) in [4.78, 5) is 2.38. The van der Waals surface area contributed by atoms with Crippen LogP contribution in [-0.4, -0.2) is 23.5 Å². The van der Waals surface area contributed by atoms with Crippen molar-refractivity contribution >= 4 is 0 Å². The highest BCUT2D eigenvalue weighted by molar-refractivity contribution is 5.13. The summed E-state index contributed by atoms with van der Waals surface area (Å²) >= 11 is 0. The average molecular weight is 208 g/mol. The van der Waals surface area contributed by atoms with Crippen LogP contribution in [0, 0.1) is 17.2 Å². The van der Waals surface area contributed by atoms with Crippen LogP contribution in [0.3, 0.4) is 0 Å². The molecule has 1 aliphatic rings. The van der Waals surface area contributed by atoms with Gasteiger partial charge in [0, 0.05) is 0 Å². The summed E-state index contributed by atoms with van der Waals surface area (Å²) in [6.07, 6.45) is 5.98. The maximum absolute atomic E-state index is 9.58. The van der Waals surface area contributed by atoms with E-state index >= 15 is 0 Å². The van der Waals surface area contributed by atoms with Crippen molar-refractivity contribution in [2.75, 3.05) is 13.1 Å². The molecule has 1 saturated carbocycles. The van der Waals surface area contributed by atoms with E-state index in [-0.39, 0.29) is 5.54 Å². The maximum atomic E-state index is 9.58. The van der Waals surface area contributed by atoms with E-state index in [0.29, 0.717) is 5.92 Å². The zero-order valence-corrected chi connectivity index (χ0v) is 10.4. The molecule has 0 aromatic rings. The fourth-order valence-electron chi connectivity index (χ4n) is 3.19. The van der Waals surface area contributed by atoms with Crippen molar-refractivity contribution in [1.29, 1.82) is 5.26 Å². The highest BCUT2D eigenvalue weighted by atomic mass is 15.2. The summed E-state index contributed by atoms with van der Waals surface area (Å²) in [6.45, 7) is 8.57. The van der Waals surface area contributed by atoms with Crippen LogP contribution in [0.5, 0.6) is 0 Å². The third-order valence-corrected chi connectivity index (χ3v) is 4.05. The Morgan fingerprint density at radius 2 is 1.93 bits per heavy atom. The van der Waals surface area contributed by atoms with Crippen molar-refractivity contribution in [3.63, 3.8) is 0 Å². The Hall–Kier alpha value is -0.550. The Kier molecular flexibility index (Phi) is 4.60. The number of hydrogen-bond acceptors (Lipinski definition) is 2. The first-order chi connectivity index (χ1) is 7.25. The molecule has 86 valence electrons. The highest BCUT2D eigenvalue weighted by Crippen LogP contribution is 2.39. The fourth-order valence-corrected chi connectivity index (χ4v) is 3.19. The lowest BCUT2D eigenvalue weighted by Crippen LogP contribution is -2.54. The van der Waals surface area contributed by atoms with Crippen LogP contribution in [0.15, 0.2) is 0 Å². The Bertz CT molecular complexity index is 218. The minimum absolute atomic E-state index is 0.156. The zero-order chi connectivity index (χ0) is 11.3. The van der Waals surface area contributed by atoms with Crippen LogP contribution in [0.1, 0.15) is 52.9 Å². The summed E-state index contributed by atoms with van der Waals surface area (Å²) in [6, 6.07) is 2.65. The van der Waals surface area contributed by atoms with E-state index in [2.05, 4.69) is 31.7 Å². The van der Waals surface area contributed by atoms with Crippen molar-refractivity contribution in [2.24, 2.45) is 5.92 Å². The van der Waals surface area contributed by atoms with E-state index < -0.39 is 0 Å². The van der Waals surface area contributed by atoms with Gasteiger partial charge in [-0.05, 0) is 31.8 Å². The van der Waals surface area contributed by atoms with Crippen LogP contribution in [0.2, 0.25) is 0 Å². The SMILES string of the molecule is CCC1CCCCC1(C#N)N(CC)CC. The molecule has 0 amide bonds. The van der Waals surface area contributed by atoms with Gasteiger partial charge < -0.3 is 0 Å². The fraction of sp³-hybridized carbons (Fsp3) is 0.923. The molecule has 1 fully saturated rings. The van der Waals surface area contributed by atoms with Crippen molar-refractivity contribution < 1.29 is 0 Å². The van der Waals surface area contributed by atoms with Crippen molar-refractivity contribution in [2.45, 2.75) is 58.4 Å². The molecule has 0 bridgehead atoms. The van der Waals surface area contributed by atoms with Gasteiger partial charge in [0.25, 0.3) is 0 Å². The van der Waals surface area contributed by atoms with Crippen LogP contribution in [0.4, 0.5) is 0 Å². The lowest BCUT2D eigenvalue weighted by atomic mass is 9.71. The van der Waals surface area contributed by atoms with Gasteiger partial charge in [-0.15, -0.1) is 0 Å². The van der Waals surface area contributed by atoms with Gasteiger partial charge >= 0.3 is 0 Å². The number of hydrogen-bond donors (Lipinski definition) is 0. The minimum atomic E-state index is -0.156. The molecule has 0 radical (unpaired) electrons. The second kappa shape index (κ2) is 5.51. The molecule has 0 aliphatic heterocycles. The molecule has 2 nitrogen and oxygen atoms in total. The molecule has 15 heavy (non-hydrogen) atoms. The van der Waals surface area contributed by atoms with Crippen LogP contribution in [-0.2, 0) is 0 Å². The number of nitrogens with zero attached hydrogens (tertiary/aromatic N) is 2. The summed E-state index contributed by atoms with van der Waals surface area (Å²) in [7, 11) is 0. The molecule has 0 aromatic heterocycles. The molecular formula is C13H24N2. The molecule has 0 aromatic carbocycles. The van der Waals surface area contributed by atoms with E-state index in [4.69, 9.17) is 0 Å². The van der Waals surface area contributed by atoms with Gasteiger partial charge in [-0.1, -0.05) is 40.0 Å². The molecule has 2 atom stereocenters. The predicted octanol–water partition coefficient (Wildman–Crippen LogP) is 3.19. The Morgan fingerprint density at radius 1 is 1.27 bits per heavy atom. The first-order valence-electron chi connectivity index (χ1n) is 6.41. The lowest BCUT2D eigenvalue weighted by Gasteiger charge is -2.46. The number of nitriles is 1. The van der Waals surface area contributed by atoms with Gasteiger partial charge in [0.2, 0.25) is 0 Å². The van der Waals surface area contributed by atoms with Crippen LogP contribution >= 0.6 is 0 Å². The molecule has 0 saturated heterocycles. The van der Waals surface area contributed by atoms with Crippen molar-refractivity contribution in [1.82, 2.24) is 4.90 Å². The molecule has 1 rings (SSSR count). The third kappa shape index (κ3) is 2.18. The number of rotatable bonds is 4. The Labute approximate surface area is 94.3 Å². The molecular weight excluding hydrogens is 184 g/mol. The second-order valence-corrected chi connectivity index (χ2v) is 4.56. The van der Waals surface area contributed by atoms with Crippen LogP contribution < -0.4 is 0 Å². The normalized spacial score (nSPS) is 31.5. The van der Waals surface area contributed by atoms with E-state index in [9.17, 15) is 5.26 Å². The molecule has 2 heteroatoms. The topological polar surface area (TPSA) is 27.0 Å². The summed E-state index contributed by atoms with van der Waals surface area (Å²) in [5.41, 5.74) is -0.156. The van der Waals surface area contributed by atoms with Crippen molar-refractivity contribution in [3.8, 4) is 6.07 Å². The van der Waals surface area contributed by atoms with E-state index in [1.165, 1.54) is 19.3 Å². The second-order valence-electron chi connectivity index (χ2n) is 4.56. The Morgan fingerprint density at radius 3 is 2.40 bits per heavy atom. The molecule has 0 N–H and O–H groups in total. The first-order valence-corrected chi connectivity index (χ1v) is 6.41. The van der Waals surface area contributed by atoms with E-state index in [0.717, 1.165) is 25.9 Å². The minimum Gasteiger partial charge on any atom is -0.286 e. The largest absolute Gasteiger partial charge is 0.286 e. The predicted molar refractivity (Wildman–Crippen MR) is 63.5 cm³/mol. The molecule has 2 unspecified atom stereocenters. The van der Waals surface area contributed by atoms with E-state index in [1.54, 1.807) is 0 Å². The smallest absolute Gasteiger partial charge is 0.112 e. The van der Waals surface area contributed by atoms with Crippen molar-refractivity contribution in [3.05, 3.63) is 0 Å². The summed E-state index contributed by atoms with van der Waals surface area (Å²) < 4.78 is 0. The molecule has 0 heterocycles. The lowest BCUT2D eigenvalue weighted by molar-refractivity contribution is 0.0513. The maximum Gasteiger partial charge on any atom is 0.112 e. The summed E-state index contributed by atoms with van der Waals surface area (Å²) in [5, 5.41) is 9.58. The third-order valence-electron chi connectivity index (χ3n) is 4.05. The quantitative estimate of drug-likeness (QED) is 0.709.